The standard InChI is InChI=1S/C60H65N5O13/c1-30-27-41(64-22-24-65(25-23-64)59(73)39-18-14-17-38(29-39)40-19-11-12-21-61-40)47-43(28-30)77-56-48(62-47)44-45-52(69)36(7)55-46(44)57(71)60(9,78-55)75-26-20-42(74-10)33(4)54(76-37(8)66)35(6)51(68)34(5)50(67)31(2)15-13-16-32(3)58(72)63-49(56)53(45)70/h11-21,26-29,31,33-35,42,50-51,54,67-69H,22-25H2,1-10H3,(H,63,72)/b15-13+,26-20+,32-16-/t31-,33+,34+,35+,42-,50-,51+,54+,60-/m0/s1. The summed E-state index contributed by atoms with van der Waals surface area (Å²) in [6.45, 7) is 16.0. The normalized spacial score (nSPS) is 26.8. The smallest absolute Gasteiger partial charge is 0.312 e. The molecule has 1 saturated heterocycles. The Kier molecular flexibility index (Phi) is 15.4. The van der Waals surface area contributed by atoms with Gasteiger partial charge in [0, 0.05) is 105 Å². The van der Waals surface area contributed by atoms with Crippen molar-refractivity contribution < 1.29 is 57.9 Å². The second-order valence-electron chi connectivity index (χ2n) is 20.9. The number of amides is 2. The molecule has 1 aliphatic carbocycles. The highest BCUT2D eigenvalue weighted by atomic mass is 16.7. The molecule has 9 rings (SSSR count). The highest BCUT2D eigenvalue weighted by Gasteiger charge is 2.50. The summed E-state index contributed by atoms with van der Waals surface area (Å²) in [5.74, 6) is -7.64. The van der Waals surface area contributed by atoms with E-state index in [1.165, 1.54) is 53.2 Å². The third-order valence-corrected chi connectivity index (χ3v) is 15.5. The molecule has 4 aromatic rings. The van der Waals surface area contributed by atoms with Crippen molar-refractivity contribution in [3.63, 3.8) is 0 Å². The van der Waals surface area contributed by atoms with Gasteiger partial charge < -0.3 is 53.8 Å². The first kappa shape index (κ1) is 54.8. The Morgan fingerprint density at radius 2 is 1.63 bits per heavy atom. The molecule has 2 amide bonds. The average Bonchev–Trinajstić information content (AvgIpc) is 3.74. The highest BCUT2D eigenvalue weighted by Crippen LogP contribution is 2.51. The van der Waals surface area contributed by atoms with E-state index in [1.807, 2.05) is 49.4 Å². The highest BCUT2D eigenvalue weighted by molar-refractivity contribution is 6.22. The Morgan fingerprint density at radius 3 is 2.32 bits per heavy atom. The minimum Gasteiger partial charge on any atom is -0.507 e. The number of ketones is 1. The number of benzene rings is 4. The molecule has 408 valence electrons. The van der Waals surface area contributed by atoms with E-state index in [0.717, 1.165) is 16.8 Å². The van der Waals surface area contributed by atoms with E-state index in [1.54, 1.807) is 63.1 Å². The van der Waals surface area contributed by atoms with Crippen molar-refractivity contribution in [1.29, 1.82) is 0 Å². The summed E-state index contributed by atoms with van der Waals surface area (Å²) in [5.41, 5.74) is 2.91. The van der Waals surface area contributed by atoms with Gasteiger partial charge in [-0.3, -0.25) is 29.0 Å². The number of hydrogen-bond donors (Lipinski definition) is 4. The van der Waals surface area contributed by atoms with Gasteiger partial charge in [0.05, 0.1) is 46.9 Å². The zero-order chi connectivity index (χ0) is 56.1. The number of methoxy groups -OCH3 is 1. The lowest BCUT2D eigenvalue weighted by Gasteiger charge is -2.38. The second-order valence-corrected chi connectivity index (χ2v) is 20.9. The van der Waals surface area contributed by atoms with Crippen LogP contribution in [-0.2, 0) is 23.8 Å². The van der Waals surface area contributed by atoms with Crippen LogP contribution in [0.1, 0.15) is 80.3 Å². The second kappa shape index (κ2) is 21.8. The lowest BCUT2D eigenvalue weighted by Crippen LogP contribution is -2.48. The maximum absolute atomic E-state index is 15.1. The minimum atomic E-state index is -2.09. The molecule has 1 fully saturated rings. The Bertz CT molecular complexity index is 3470. The number of Topliss-reactive ketones (excluding diaryl/α,β-unsaturated/α-hetero) is 1. The van der Waals surface area contributed by atoms with E-state index in [-0.39, 0.29) is 61.9 Å². The first-order valence-corrected chi connectivity index (χ1v) is 26.1. The van der Waals surface area contributed by atoms with Gasteiger partial charge in [0.25, 0.3) is 17.6 Å². The molecule has 78 heavy (non-hydrogen) atoms. The van der Waals surface area contributed by atoms with Crippen LogP contribution in [0.15, 0.2) is 106 Å². The van der Waals surface area contributed by atoms with E-state index < -0.39 is 82.7 Å². The molecule has 0 radical (unpaired) electrons. The summed E-state index contributed by atoms with van der Waals surface area (Å²) in [6, 6.07) is 16.7. The van der Waals surface area contributed by atoms with Crippen LogP contribution in [0.5, 0.6) is 11.5 Å². The van der Waals surface area contributed by atoms with Crippen LogP contribution in [-0.4, -0.2) is 117 Å². The number of fused-ring (bicyclic) bond motifs is 2. The van der Waals surface area contributed by atoms with E-state index in [0.29, 0.717) is 42.9 Å². The number of nitrogens with one attached hydrogen (secondary N) is 1. The number of carbonyl (C=O) groups excluding carboxylic acids is 4. The monoisotopic (exact) mass is 1060 g/mol. The fourth-order valence-electron chi connectivity index (χ4n) is 10.9. The maximum Gasteiger partial charge on any atom is 0.312 e. The topological polar surface area (TPSA) is 240 Å². The number of anilines is 2. The lowest BCUT2D eigenvalue weighted by atomic mass is 9.78. The van der Waals surface area contributed by atoms with Crippen molar-refractivity contribution >= 4 is 56.8 Å². The van der Waals surface area contributed by atoms with E-state index in [9.17, 15) is 29.7 Å². The molecular weight excluding hydrogens is 999 g/mol. The Morgan fingerprint density at radius 1 is 0.885 bits per heavy atom. The molecular formula is C60H65N5O13. The number of carbonyl (C=O) groups is 4. The number of ether oxygens (including phenoxy) is 4. The first-order chi connectivity index (χ1) is 37.1. The molecule has 1 aromatic heterocycles. The molecule has 4 N–H and O–H groups in total. The molecule has 0 unspecified atom stereocenters. The summed E-state index contributed by atoms with van der Waals surface area (Å²) in [4.78, 5) is 84.4. The number of pyridine rings is 1. The van der Waals surface area contributed by atoms with Gasteiger partial charge in [-0.15, -0.1) is 0 Å². The van der Waals surface area contributed by atoms with Crippen LogP contribution >= 0.6 is 0 Å². The number of piperazine rings is 1. The van der Waals surface area contributed by atoms with Gasteiger partial charge in [0.2, 0.25) is 5.43 Å². The van der Waals surface area contributed by atoms with Crippen molar-refractivity contribution in [3.8, 4) is 34.2 Å². The molecule has 0 saturated carbocycles. The Hall–Kier alpha value is -7.93. The summed E-state index contributed by atoms with van der Waals surface area (Å²) in [6.07, 6.45) is 5.21. The van der Waals surface area contributed by atoms with Gasteiger partial charge in [-0.05, 0) is 68.8 Å². The Balaban J connectivity index is 1.17. The number of aromatic hydroxyl groups is 1. The molecule has 3 aromatic carbocycles. The number of allylic oxidation sites excluding steroid dienone is 2. The summed E-state index contributed by atoms with van der Waals surface area (Å²) < 4.78 is 30.9. The number of nitrogens with zero attached hydrogens (tertiary/aromatic N) is 4. The number of hydrogen-bond acceptors (Lipinski definition) is 16. The van der Waals surface area contributed by atoms with Gasteiger partial charge in [0.15, 0.2) is 11.3 Å². The van der Waals surface area contributed by atoms with Crippen LogP contribution in [0.25, 0.3) is 44.6 Å². The fourth-order valence-corrected chi connectivity index (χ4v) is 10.9. The summed E-state index contributed by atoms with van der Waals surface area (Å²) in [7, 11) is 1.44. The SMILES string of the molecule is CO[C@H]1/C=C/O[C@@]2(C)Oc3c(C)c(O)c4c(=O)c(c5oc6cc(C)cc(N7CCN(C(=O)c8cccc(-c9ccccn9)c8)CC7)c6nc-5c4c3C2=O)NC(=O)/C(C)=C\C=C\[C@H](C)[C@H](O)[C@@H](C)[C@@H](O)[C@@H](C)[C@H](OC(C)=O)[C@@H]1C. The molecule has 18 heteroatoms. The summed E-state index contributed by atoms with van der Waals surface area (Å²) in [5, 5.41) is 37.6. The third kappa shape index (κ3) is 10.1. The maximum atomic E-state index is 15.1. The van der Waals surface area contributed by atoms with Crippen LogP contribution < -0.4 is 20.4 Å². The van der Waals surface area contributed by atoms with E-state index >= 15 is 9.59 Å². The van der Waals surface area contributed by atoms with Gasteiger partial charge in [-0.1, -0.05) is 64.1 Å². The molecule has 5 heterocycles. The number of rotatable bonds is 5. The molecule has 5 aliphatic rings. The van der Waals surface area contributed by atoms with Crippen molar-refractivity contribution in [1.82, 2.24) is 14.9 Å². The molecule has 4 aliphatic heterocycles. The average molecular weight is 1060 g/mol. The number of aryl methyl sites for hydroxylation is 1. The van der Waals surface area contributed by atoms with Crippen molar-refractivity contribution in [3.05, 3.63) is 129 Å². The van der Waals surface area contributed by atoms with Crippen molar-refractivity contribution in [2.75, 3.05) is 43.5 Å². The van der Waals surface area contributed by atoms with Crippen molar-refractivity contribution in [2.24, 2.45) is 23.7 Å². The van der Waals surface area contributed by atoms with Crippen LogP contribution in [0.4, 0.5) is 11.4 Å². The van der Waals surface area contributed by atoms with Crippen molar-refractivity contribution in [2.45, 2.75) is 92.5 Å². The number of phenolic OH excluding ortho intramolecular Hbond substituents is 1. The summed E-state index contributed by atoms with van der Waals surface area (Å²) >= 11 is 0. The van der Waals surface area contributed by atoms with Gasteiger partial charge >= 0.3 is 11.8 Å². The zero-order valence-electron chi connectivity index (χ0n) is 45.3. The molecule has 9 atom stereocenters. The number of aromatic nitrogens is 2. The fraction of sp³-hybridized carbons (Fsp3) is 0.383. The van der Waals surface area contributed by atoms with E-state index in [2.05, 4.69) is 15.2 Å². The van der Waals surface area contributed by atoms with Crippen LogP contribution in [0, 0.1) is 37.5 Å². The number of aliphatic hydroxyl groups is 2. The number of esters is 1. The zero-order valence-corrected chi connectivity index (χ0v) is 45.3. The van der Waals surface area contributed by atoms with Gasteiger partial charge in [-0.25, -0.2) is 4.98 Å². The number of aliphatic hydroxyl groups excluding tert-OH is 2. The predicted molar refractivity (Wildman–Crippen MR) is 293 cm³/mol. The Labute approximate surface area is 451 Å². The quantitative estimate of drug-likeness (QED) is 0.0721. The van der Waals surface area contributed by atoms with E-state index in [4.69, 9.17) is 28.3 Å². The number of phenols is 1. The molecule has 18 nitrogen and oxygen atoms in total. The largest absolute Gasteiger partial charge is 0.507 e. The first-order valence-electron chi connectivity index (χ1n) is 26.1. The van der Waals surface area contributed by atoms with Crippen LogP contribution in [0.3, 0.4) is 0 Å². The van der Waals surface area contributed by atoms with Gasteiger partial charge in [0.1, 0.15) is 34.5 Å². The van der Waals surface area contributed by atoms with Gasteiger partial charge in [-0.2, -0.15) is 0 Å². The predicted octanol–water partition coefficient (Wildman–Crippen LogP) is 8.28. The minimum absolute atomic E-state index is 0.0400. The lowest BCUT2D eigenvalue weighted by molar-refractivity contribution is -0.160. The molecule has 4 bridgehead atoms. The van der Waals surface area contributed by atoms with Crippen LogP contribution in [0.2, 0.25) is 0 Å². The third-order valence-electron chi connectivity index (χ3n) is 15.5. The molecule has 0 spiro atoms.